The van der Waals surface area contributed by atoms with Crippen LogP contribution in [0, 0.1) is 17.7 Å². The number of nitrogens with zero attached hydrogens (tertiary/aromatic N) is 2. The van der Waals surface area contributed by atoms with E-state index in [1.807, 2.05) is 32.6 Å². The normalized spacial score (nSPS) is 21.4. The van der Waals surface area contributed by atoms with E-state index < -0.39 is 17.4 Å². The number of amides is 1. The molecule has 144 valence electrons. The number of likely N-dealkylation sites (tertiary alicyclic amines) is 1. The number of halogens is 1. The first-order valence-corrected chi connectivity index (χ1v) is 9.06. The number of aliphatic carboxylic acids is 1. The molecule has 1 fully saturated rings. The van der Waals surface area contributed by atoms with E-state index in [2.05, 4.69) is 0 Å². The van der Waals surface area contributed by atoms with Gasteiger partial charge in [0.2, 0.25) is 5.91 Å². The van der Waals surface area contributed by atoms with Gasteiger partial charge in [-0.15, -0.1) is 0 Å². The third-order valence-corrected chi connectivity index (χ3v) is 4.78. The van der Waals surface area contributed by atoms with Crippen molar-refractivity contribution in [1.29, 1.82) is 0 Å². The topological polar surface area (TPSA) is 60.9 Å². The van der Waals surface area contributed by atoms with Crippen LogP contribution in [-0.2, 0) is 16.1 Å². The number of carbonyl (C=O) groups is 2. The monoisotopic (exact) mass is 364 g/mol. The van der Waals surface area contributed by atoms with Crippen molar-refractivity contribution < 1.29 is 19.1 Å². The molecule has 0 radical (unpaired) electrons. The van der Waals surface area contributed by atoms with Crippen LogP contribution in [0.25, 0.3) is 0 Å². The third kappa shape index (κ3) is 5.53. The van der Waals surface area contributed by atoms with Crippen molar-refractivity contribution in [3.05, 3.63) is 35.6 Å². The van der Waals surface area contributed by atoms with Gasteiger partial charge >= 0.3 is 5.97 Å². The highest BCUT2D eigenvalue weighted by molar-refractivity contribution is 5.79. The first kappa shape index (κ1) is 20.4. The van der Waals surface area contributed by atoms with Gasteiger partial charge in [-0.05, 0) is 50.8 Å². The van der Waals surface area contributed by atoms with E-state index in [1.165, 1.54) is 12.1 Å². The fourth-order valence-electron chi connectivity index (χ4n) is 3.56. The Morgan fingerprint density at radius 3 is 2.58 bits per heavy atom. The summed E-state index contributed by atoms with van der Waals surface area (Å²) in [5.41, 5.74) is 0.320. The van der Waals surface area contributed by atoms with E-state index in [9.17, 15) is 19.1 Å². The molecular formula is C20H29FN2O3. The molecule has 0 spiro atoms. The van der Waals surface area contributed by atoms with Crippen LogP contribution in [0.4, 0.5) is 4.39 Å². The van der Waals surface area contributed by atoms with Gasteiger partial charge in [-0.2, -0.15) is 0 Å². The lowest BCUT2D eigenvalue weighted by Crippen LogP contribution is -2.52. The Morgan fingerprint density at radius 1 is 1.31 bits per heavy atom. The van der Waals surface area contributed by atoms with Gasteiger partial charge in [-0.1, -0.05) is 19.1 Å². The van der Waals surface area contributed by atoms with Crippen LogP contribution in [-0.4, -0.2) is 52.0 Å². The van der Waals surface area contributed by atoms with E-state index in [0.717, 1.165) is 5.56 Å². The number of piperidine rings is 1. The molecule has 1 amide bonds. The Balaban J connectivity index is 2.10. The Morgan fingerprint density at radius 2 is 2.00 bits per heavy atom. The highest BCUT2D eigenvalue weighted by atomic mass is 19.1. The molecule has 1 aromatic rings. The second-order valence-corrected chi connectivity index (χ2v) is 8.35. The molecule has 5 nitrogen and oxygen atoms in total. The highest BCUT2D eigenvalue weighted by Crippen LogP contribution is 2.23. The summed E-state index contributed by atoms with van der Waals surface area (Å²) in [5.74, 6) is -1.39. The van der Waals surface area contributed by atoms with E-state index in [4.69, 9.17) is 0 Å². The molecule has 0 aliphatic carbocycles. The Kier molecular flexibility index (Phi) is 6.39. The summed E-state index contributed by atoms with van der Waals surface area (Å²) >= 11 is 0. The van der Waals surface area contributed by atoms with E-state index in [1.54, 1.807) is 17.0 Å². The van der Waals surface area contributed by atoms with Crippen molar-refractivity contribution in [3.8, 4) is 0 Å². The van der Waals surface area contributed by atoms with Crippen molar-refractivity contribution in [2.45, 2.75) is 46.2 Å². The maximum absolute atomic E-state index is 13.5. The molecule has 2 unspecified atom stereocenters. The van der Waals surface area contributed by atoms with Crippen molar-refractivity contribution >= 4 is 11.9 Å². The predicted octanol–water partition coefficient (Wildman–Crippen LogP) is 3.00. The largest absolute Gasteiger partial charge is 0.481 e. The quantitative estimate of drug-likeness (QED) is 0.873. The lowest BCUT2D eigenvalue weighted by Gasteiger charge is -2.39. The van der Waals surface area contributed by atoms with Gasteiger partial charge in [0.15, 0.2) is 0 Å². The summed E-state index contributed by atoms with van der Waals surface area (Å²) in [6.45, 7) is 9.47. The molecule has 1 aliphatic heterocycles. The average Bonchev–Trinajstić information content (AvgIpc) is 2.50. The minimum absolute atomic E-state index is 0.0694. The number of benzene rings is 1. The number of hydrogen-bond acceptors (Lipinski definition) is 3. The van der Waals surface area contributed by atoms with Gasteiger partial charge in [-0.3, -0.25) is 14.5 Å². The highest BCUT2D eigenvalue weighted by Gasteiger charge is 2.33. The zero-order valence-electron chi connectivity index (χ0n) is 16.0. The SMILES string of the molecule is CC1CC(C(=O)O)CN(CC(=O)N(Cc2cccc(F)c2)C(C)(C)C)C1. The van der Waals surface area contributed by atoms with Crippen molar-refractivity contribution in [1.82, 2.24) is 9.80 Å². The Labute approximate surface area is 154 Å². The van der Waals surface area contributed by atoms with Crippen LogP contribution >= 0.6 is 0 Å². The zero-order valence-corrected chi connectivity index (χ0v) is 16.0. The summed E-state index contributed by atoms with van der Waals surface area (Å²) in [6.07, 6.45) is 0.645. The molecule has 1 aromatic carbocycles. The minimum atomic E-state index is -0.804. The molecule has 26 heavy (non-hydrogen) atoms. The summed E-state index contributed by atoms with van der Waals surface area (Å²) < 4.78 is 13.5. The van der Waals surface area contributed by atoms with E-state index in [-0.39, 0.29) is 24.2 Å². The Bertz CT molecular complexity index is 657. The maximum atomic E-state index is 13.5. The predicted molar refractivity (Wildman–Crippen MR) is 98.0 cm³/mol. The van der Waals surface area contributed by atoms with Gasteiger partial charge in [0.05, 0.1) is 12.5 Å². The van der Waals surface area contributed by atoms with E-state index >= 15 is 0 Å². The molecule has 1 aliphatic rings. The molecule has 1 heterocycles. The number of carboxylic acids is 1. The summed E-state index contributed by atoms with van der Waals surface area (Å²) in [6, 6.07) is 6.27. The first-order chi connectivity index (χ1) is 12.1. The van der Waals surface area contributed by atoms with Crippen LogP contribution in [0.1, 0.15) is 39.7 Å². The Hall–Kier alpha value is -1.95. The summed E-state index contributed by atoms with van der Waals surface area (Å²) in [4.78, 5) is 28.0. The fraction of sp³-hybridized carbons (Fsp3) is 0.600. The molecule has 2 rings (SSSR count). The van der Waals surface area contributed by atoms with E-state index in [0.29, 0.717) is 26.1 Å². The summed E-state index contributed by atoms with van der Waals surface area (Å²) in [5, 5.41) is 9.31. The van der Waals surface area contributed by atoms with Gasteiger partial charge in [0.1, 0.15) is 5.82 Å². The molecule has 2 atom stereocenters. The van der Waals surface area contributed by atoms with Gasteiger partial charge in [-0.25, -0.2) is 4.39 Å². The molecular weight excluding hydrogens is 335 g/mol. The first-order valence-electron chi connectivity index (χ1n) is 9.06. The average molecular weight is 364 g/mol. The number of carboxylic acid groups (broad SMARTS) is 1. The third-order valence-electron chi connectivity index (χ3n) is 4.78. The van der Waals surface area contributed by atoms with Crippen LogP contribution < -0.4 is 0 Å². The van der Waals surface area contributed by atoms with Crippen molar-refractivity contribution in [2.24, 2.45) is 11.8 Å². The number of carbonyl (C=O) groups excluding carboxylic acids is 1. The van der Waals surface area contributed by atoms with Gasteiger partial charge < -0.3 is 10.0 Å². The summed E-state index contributed by atoms with van der Waals surface area (Å²) in [7, 11) is 0. The van der Waals surface area contributed by atoms with Crippen molar-refractivity contribution in [3.63, 3.8) is 0 Å². The van der Waals surface area contributed by atoms with Crippen LogP contribution in [0.5, 0.6) is 0 Å². The number of rotatable bonds is 5. The molecule has 0 saturated carbocycles. The van der Waals surface area contributed by atoms with Crippen molar-refractivity contribution in [2.75, 3.05) is 19.6 Å². The zero-order chi connectivity index (χ0) is 19.5. The second-order valence-electron chi connectivity index (χ2n) is 8.35. The lowest BCUT2D eigenvalue weighted by atomic mass is 9.90. The minimum Gasteiger partial charge on any atom is -0.481 e. The maximum Gasteiger partial charge on any atom is 0.307 e. The van der Waals surface area contributed by atoms with Crippen LogP contribution in [0.15, 0.2) is 24.3 Å². The lowest BCUT2D eigenvalue weighted by molar-refractivity contribution is -0.147. The van der Waals surface area contributed by atoms with Crippen LogP contribution in [0.3, 0.4) is 0 Å². The van der Waals surface area contributed by atoms with Gasteiger partial charge in [0, 0.05) is 25.2 Å². The van der Waals surface area contributed by atoms with Gasteiger partial charge in [0.25, 0.3) is 0 Å². The fourth-order valence-corrected chi connectivity index (χ4v) is 3.56. The molecule has 1 N–H and O–H groups in total. The molecule has 0 aromatic heterocycles. The molecule has 1 saturated heterocycles. The van der Waals surface area contributed by atoms with Crippen LogP contribution in [0.2, 0.25) is 0 Å². The molecule has 6 heteroatoms. The smallest absolute Gasteiger partial charge is 0.307 e. The number of hydrogen-bond donors (Lipinski definition) is 1. The second kappa shape index (κ2) is 8.16. The standard InChI is InChI=1S/C20H29FN2O3/c1-14-8-16(19(25)26)12-22(10-14)13-18(24)23(20(2,3)4)11-15-6-5-7-17(21)9-15/h5-7,9,14,16H,8,10-13H2,1-4H3,(H,25,26). The molecule has 0 bridgehead atoms.